The predicted molar refractivity (Wildman–Crippen MR) is 58.5 cm³/mol. The van der Waals surface area contributed by atoms with Gasteiger partial charge in [-0.1, -0.05) is 0 Å². The zero-order valence-corrected chi connectivity index (χ0v) is 8.54. The van der Waals surface area contributed by atoms with Crippen molar-refractivity contribution < 1.29 is 4.74 Å². The van der Waals surface area contributed by atoms with Crippen LogP contribution in [0.5, 0.6) is 5.75 Å². The Hall–Kier alpha value is -1.55. The SMILES string of the molecule is COc1ccc(-c2ccsn2)cc1N. The third kappa shape index (κ3) is 1.56. The highest BCUT2D eigenvalue weighted by Crippen LogP contribution is 2.27. The zero-order chi connectivity index (χ0) is 9.97. The molecule has 0 fully saturated rings. The molecule has 1 aromatic heterocycles. The van der Waals surface area contributed by atoms with E-state index in [9.17, 15) is 0 Å². The Morgan fingerprint density at radius 1 is 1.36 bits per heavy atom. The van der Waals surface area contributed by atoms with Crippen molar-refractivity contribution in [3.8, 4) is 17.0 Å². The lowest BCUT2D eigenvalue weighted by Gasteiger charge is -2.05. The second-order valence-corrected chi connectivity index (χ2v) is 3.51. The molecule has 0 saturated carbocycles. The van der Waals surface area contributed by atoms with E-state index in [-0.39, 0.29) is 0 Å². The van der Waals surface area contributed by atoms with Gasteiger partial charge in [0.15, 0.2) is 0 Å². The molecule has 0 radical (unpaired) electrons. The van der Waals surface area contributed by atoms with Crippen molar-refractivity contribution >= 4 is 17.2 Å². The first-order chi connectivity index (χ1) is 6.81. The summed E-state index contributed by atoms with van der Waals surface area (Å²) in [5.74, 6) is 0.698. The summed E-state index contributed by atoms with van der Waals surface area (Å²) in [6.07, 6.45) is 0. The third-order valence-electron chi connectivity index (χ3n) is 1.96. The summed E-state index contributed by atoms with van der Waals surface area (Å²) >= 11 is 1.43. The number of anilines is 1. The molecule has 0 amide bonds. The summed E-state index contributed by atoms with van der Waals surface area (Å²) in [5.41, 5.74) is 8.39. The Labute approximate surface area is 86.3 Å². The number of methoxy groups -OCH3 is 1. The van der Waals surface area contributed by atoms with Gasteiger partial charge in [-0.05, 0) is 35.8 Å². The number of hydrogen-bond donors (Lipinski definition) is 1. The molecule has 0 aliphatic heterocycles. The van der Waals surface area contributed by atoms with Crippen molar-refractivity contribution in [2.24, 2.45) is 0 Å². The minimum Gasteiger partial charge on any atom is -0.495 e. The average Bonchev–Trinajstić information content (AvgIpc) is 2.70. The van der Waals surface area contributed by atoms with Gasteiger partial charge >= 0.3 is 0 Å². The summed E-state index contributed by atoms with van der Waals surface area (Å²) in [5, 5.41) is 1.94. The number of aromatic nitrogens is 1. The standard InChI is InChI=1S/C10H10N2OS/c1-13-10-3-2-7(6-8(10)11)9-4-5-14-12-9/h2-6H,11H2,1H3. The van der Waals surface area contributed by atoms with E-state index in [2.05, 4.69) is 4.37 Å². The molecule has 0 unspecified atom stereocenters. The highest BCUT2D eigenvalue weighted by atomic mass is 32.1. The van der Waals surface area contributed by atoms with Crippen molar-refractivity contribution in [3.63, 3.8) is 0 Å². The molecule has 0 atom stereocenters. The van der Waals surface area contributed by atoms with Crippen LogP contribution in [0.15, 0.2) is 29.6 Å². The van der Waals surface area contributed by atoms with Crippen LogP contribution in [0.3, 0.4) is 0 Å². The highest BCUT2D eigenvalue weighted by molar-refractivity contribution is 7.03. The predicted octanol–water partition coefficient (Wildman–Crippen LogP) is 2.40. The molecule has 0 spiro atoms. The second kappa shape index (κ2) is 3.67. The van der Waals surface area contributed by atoms with Crippen molar-refractivity contribution in [1.29, 1.82) is 0 Å². The van der Waals surface area contributed by atoms with Crippen LogP contribution in [0.2, 0.25) is 0 Å². The van der Waals surface area contributed by atoms with Crippen LogP contribution in [0, 0.1) is 0 Å². The molecule has 0 saturated heterocycles. The van der Waals surface area contributed by atoms with Gasteiger partial charge in [-0.15, -0.1) is 0 Å². The van der Waals surface area contributed by atoms with Gasteiger partial charge in [0, 0.05) is 10.9 Å². The van der Waals surface area contributed by atoms with E-state index in [1.54, 1.807) is 7.11 Å². The van der Waals surface area contributed by atoms with E-state index in [1.807, 2.05) is 29.6 Å². The normalized spacial score (nSPS) is 10.1. The number of nitrogens with two attached hydrogens (primary N) is 1. The maximum Gasteiger partial charge on any atom is 0.141 e. The summed E-state index contributed by atoms with van der Waals surface area (Å²) < 4.78 is 9.30. The molecule has 4 heteroatoms. The lowest BCUT2D eigenvalue weighted by Crippen LogP contribution is -1.92. The van der Waals surface area contributed by atoms with Crippen molar-refractivity contribution in [1.82, 2.24) is 4.37 Å². The van der Waals surface area contributed by atoms with Crippen molar-refractivity contribution in [2.45, 2.75) is 0 Å². The minimum absolute atomic E-state index is 0.637. The Balaban J connectivity index is 2.43. The van der Waals surface area contributed by atoms with Crippen LogP contribution in [0.4, 0.5) is 5.69 Å². The first-order valence-electron chi connectivity index (χ1n) is 4.15. The Morgan fingerprint density at radius 2 is 2.21 bits per heavy atom. The van der Waals surface area contributed by atoms with Gasteiger partial charge in [-0.2, -0.15) is 4.37 Å². The van der Waals surface area contributed by atoms with E-state index in [1.165, 1.54) is 11.5 Å². The molecule has 2 rings (SSSR count). The smallest absolute Gasteiger partial charge is 0.141 e. The lowest BCUT2D eigenvalue weighted by molar-refractivity contribution is 0.417. The number of benzene rings is 1. The molecule has 0 aliphatic rings. The molecular weight excluding hydrogens is 196 g/mol. The molecule has 3 nitrogen and oxygen atoms in total. The Morgan fingerprint density at radius 3 is 2.79 bits per heavy atom. The van der Waals surface area contributed by atoms with Crippen LogP contribution in [0.25, 0.3) is 11.3 Å². The van der Waals surface area contributed by atoms with Gasteiger partial charge in [-0.25, -0.2) is 0 Å². The van der Waals surface area contributed by atoms with Gasteiger partial charge in [-0.3, -0.25) is 0 Å². The lowest BCUT2D eigenvalue weighted by atomic mass is 10.1. The van der Waals surface area contributed by atoms with Gasteiger partial charge in [0.1, 0.15) is 5.75 Å². The molecular formula is C10H10N2OS. The summed E-state index contributed by atoms with van der Waals surface area (Å²) in [4.78, 5) is 0. The molecule has 0 bridgehead atoms. The number of ether oxygens (including phenoxy) is 1. The van der Waals surface area contributed by atoms with Crippen LogP contribution < -0.4 is 10.5 Å². The number of rotatable bonds is 2. The highest BCUT2D eigenvalue weighted by Gasteiger charge is 2.03. The van der Waals surface area contributed by atoms with Gasteiger partial charge in [0.2, 0.25) is 0 Å². The monoisotopic (exact) mass is 206 g/mol. The summed E-state index contributed by atoms with van der Waals surface area (Å²) in [6.45, 7) is 0. The molecule has 2 aromatic rings. The third-order valence-corrected chi connectivity index (χ3v) is 2.52. The molecule has 1 aromatic carbocycles. The first kappa shape index (κ1) is 9.02. The van der Waals surface area contributed by atoms with Gasteiger partial charge in [0.05, 0.1) is 18.5 Å². The summed E-state index contributed by atoms with van der Waals surface area (Å²) in [6, 6.07) is 7.63. The van der Waals surface area contributed by atoms with Gasteiger partial charge < -0.3 is 10.5 Å². The Kier molecular flexibility index (Phi) is 2.37. The van der Waals surface area contributed by atoms with E-state index in [0.717, 1.165) is 11.3 Å². The van der Waals surface area contributed by atoms with Crippen LogP contribution in [-0.4, -0.2) is 11.5 Å². The largest absolute Gasteiger partial charge is 0.495 e. The molecule has 2 N–H and O–H groups in total. The maximum absolute atomic E-state index is 5.79. The molecule has 14 heavy (non-hydrogen) atoms. The quantitative estimate of drug-likeness (QED) is 0.767. The fourth-order valence-corrected chi connectivity index (χ4v) is 1.79. The van der Waals surface area contributed by atoms with E-state index in [0.29, 0.717) is 11.4 Å². The molecule has 72 valence electrons. The maximum atomic E-state index is 5.79. The van der Waals surface area contributed by atoms with Gasteiger partial charge in [0.25, 0.3) is 0 Å². The second-order valence-electron chi connectivity index (χ2n) is 2.84. The van der Waals surface area contributed by atoms with E-state index in [4.69, 9.17) is 10.5 Å². The fraction of sp³-hybridized carbons (Fsp3) is 0.100. The Bertz CT molecular complexity index is 426. The average molecular weight is 206 g/mol. The van der Waals surface area contributed by atoms with E-state index < -0.39 is 0 Å². The van der Waals surface area contributed by atoms with Crippen LogP contribution >= 0.6 is 11.5 Å². The van der Waals surface area contributed by atoms with E-state index >= 15 is 0 Å². The van der Waals surface area contributed by atoms with Crippen molar-refractivity contribution in [3.05, 3.63) is 29.6 Å². The molecule has 0 aliphatic carbocycles. The molecule has 1 heterocycles. The summed E-state index contributed by atoms with van der Waals surface area (Å²) in [7, 11) is 1.61. The first-order valence-corrected chi connectivity index (χ1v) is 4.99. The fourth-order valence-electron chi connectivity index (χ4n) is 1.26. The zero-order valence-electron chi connectivity index (χ0n) is 7.73. The van der Waals surface area contributed by atoms with Crippen LogP contribution in [-0.2, 0) is 0 Å². The van der Waals surface area contributed by atoms with Crippen molar-refractivity contribution in [2.75, 3.05) is 12.8 Å². The number of nitrogen functional groups attached to an aromatic ring is 1. The number of hydrogen-bond acceptors (Lipinski definition) is 4. The minimum atomic E-state index is 0.637. The number of nitrogens with zero attached hydrogens (tertiary/aromatic N) is 1. The topological polar surface area (TPSA) is 48.1 Å². The van der Waals surface area contributed by atoms with Crippen LogP contribution in [0.1, 0.15) is 0 Å².